The summed E-state index contributed by atoms with van der Waals surface area (Å²) in [6, 6.07) is 18.6. The van der Waals surface area contributed by atoms with Gasteiger partial charge in [0, 0.05) is 18.7 Å². The Morgan fingerprint density at radius 1 is 1.21 bits per heavy atom. The molecule has 1 aliphatic rings. The topological polar surface area (TPSA) is 143 Å². The van der Waals surface area contributed by atoms with E-state index in [1.807, 2.05) is 67.6 Å². The van der Waals surface area contributed by atoms with Gasteiger partial charge < -0.3 is 15.4 Å². The van der Waals surface area contributed by atoms with Gasteiger partial charge in [-0.15, -0.1) is 0 Å². The number of aromatic nitrogens is 4. The second-order valence-corrected chi connectivity index (χ2v) is 9.08. The van der Waals surface area contributed by atoms with Crippen LogP contribution in [0.2, 0.25) is 0 Å². The molecule has 0 radical (unpaired) electrons. The van der Waals surface area contributed by atoms with Crippen molar-refractivity contribution in [2.75, 3.05) is 18.8 Å². The molecule has 38 heavy (non-hydrogen) atoms. The van der Waals surface area contributed by atoms with Gasteiger partial charge in [-0.3, -0.25) is 14.3 Å². The van der Waals surface area contributed by atoms with Crippen molar-refractivity contribution >= 4 is 22.6 Å². The molecule has 0 saturated carbocycles. The van der Waals surface area contributed by atoms with E-state index in [9.17, 15) is 14.9 Å². The van der Waals surface area contributed by atoms with Gasteiger partial charge >= 0.3 is 0 Å². The van der Waals surface area contributed by atoms with Crippen molar-refractivity contribution in [3.05, 3.63) is 76.6 Å². The van der Waals surface area contributed by atoms with Crippen LogP contribution >= 0.6 is 0 Å². The highest BCUT2D eigenvalue weighted by Crippen LogP contribution is 2.34. The molecule has 0 aliphatic carbocycles. The Labute approximate surface area is 218 Å². The first-order valence-corrected chi connectivity index (χ1v) is 12.5. The number of nitrogen functional groups attached to an aromatic ring is 1. The molecule has 192 valence electrons. The fourth-order valence-electron chi connectivity index (χ4n) is 4.78. The number of carbonyl (C=O) groups is 1. The first kappa shape index (κ1) is 24.8. The maximum Gasteiger partial charge on any atom is 0.290 e. The molecule has 1 fully saturated rings. The van der Waals surface area contributed by atoms with Gasteiger partial charge in [-0.25, -0.2) is 5.10 Å². The van der Waals surface area contributed by atoms with Crippen LogP contribution in [0.1, 0.15) is 32.2 Å². The molecule has 5 rings (SSSR count). The number of allylic oxidation sites excluding steroid dienone is 1. The van der Waals surface area contributed by atoms with Crippen LogP contribution in [0, 0.1) is 11.3 Å². The summed E-state index contributed by atoms with van der Waals surface area (Å²) < 4.78 is 7.56. The minimum atomic E-state index is -0.413. The average molecular weight is 510 g/mol. The number of ether oxygens (including phenoxy) is 1. The van der Waals surface area contributed by atoms with E-state index in [-0.39, 0.29) is 23.3 Å². The Bertz CT molecular complexity index is 1600. The highest BCUT2D eigenvalue weighted by atomic mass is 16.5. The zero-order valence-corrected chi connectivity index (χ0v) is 20.9. The third-order valence-corrected chi connectivity index (χ3v) is 6.55. The molecule has 3 heterocycles. The van der Waals surface area contributed by atoms with E-state index in [0.717, 1.165) is 11.3 Å². The molecule has 1 aliphatic heterocycles. The minimum absolute atomic E-state index is 0.128. The standard InChI is InChI=1S/C28H27N7O3/c1-2-7-19(16-29)28(37)34-15-6-8-20(17-34)35-25-23(26(30)31-32-27(25)36)24(33-35)18-11-13-22(14-12-18)38-21-9-4-3-5-10-21/h3-5,7,9-14,20H,2,6,8,15,17H2,1H3,(H2,30,31)(H,32,36)/b19-7+. The number of hydrogen-bond acceptors (Lipinski definition) is 7. The van der Waals surface area contributed by atoms with Crippen LogP contribution in [-0.2, 0) is 4.79 Å². The van der Waals surface area contributed by atoms with Gasteiger partial charge in [0.1, 0.15) is 34.4 Å². The van der Waals surface area contributed by atoms with E-state index in [2.05, 4.69) is 10.2 Å². The van der Waals surface area contributed by atoms with Crippen molar-refractivity contribution in [1.82, 2.24) is 24.9 Å². The molecular weight excluding hydrogens is 482 g/mol. The molecule has 1 atom stereocenters. The van der Waals surface area contributed by atoms with E-state index in [1.54, 1.807) is 15.7 Å². The molecule has 0 spiro atoms. The number of carbonyl (C=O) groups excluding carboxylic acids is 1. The number of rotatable bonds is 6. The molecule has 0 bridgehead atoms. The number of nitrogens with one attached hydrogen (secondary N) is 1. The van der Waals surface area contributed by atoms with Crippen molar-refractivity contribution in [3.63, 3.8) is 0 Å². The van der Waals surface area contributed by atoms with E-state index >= 15 is 0 Å². The van der Waals surface area contributed by atoms with Gasteiger partial charge in [-0.05, 0) is 55.7 Å². The number of piperidine rings is 1. The second-order valence-electron chi connectivity index (χ2n) is 9.08. The van der Waals surface area contributed by atoms with Crippen molar-refractivity contribution in [2.45, 2.75) is 32.2 Å². The number of nitrogens with two attached hydrogens (primary N) is 1. The highest BCUT2D eigenvalue weighted by molar-refractivity contribution is 6.00. The molecular formula is C28H27N7O3. The number of hydrogen-bond donors (Lipinski definition) is 2. The zero-order chi connectivity index (χ0) is 26.6. The van der Waals surface area contributed by atoms with Gasteiger partial charge in [0.2, 0.25) is 0 Å². The third kappa shape index (κ3) is 4.74. The van der Waals surface area contributed by atoms with Crippen LogP contribution < -0.4 is 16.0 Å². The lowest BCUT2D eigenvalue weighted by Gasteiger charge is -2.33. The lowest BCUT2D eigenvalue weighted by atomic mass is 10.0. The Morgan fingerprint density at radius 2 is 1.95 bits per heavy atom. The number of para-hydroxylation sites is 1. The summed E-state index contributed by atoms with van der Waals surface area (Å²) in [5.41, 5.74) is 7.53. The first-order chi connectivity index (χ1) is 18.5. The Hall–Kier alpha value is -4.91. The predicted molar refractivity (Wildman–Crippen MR) is 143 cm³/mol. The van der Waals surface area contributed by atoms with Gasteiger partial charge in [-0.1, -0.05) is 31.2 Å². The van der Waals surface area contributed by atoms with E-state index in [4.69, 9.17) is 15.6 Å². The lowest BCUT2D eigenvalue weighted by Crippen LogP contribution is -2.41. The fourth-order valence-corrected chi connectivity index (χ4v) is 4.78. The van der Waals surface area contributed by atoms with Gasteiger partial charge in [0.15, 0.2) is 5.82 Å². The summed E-state index contributed by atoms with van der Waals surface area (Å²) in [6.07, 6.45) is 3.65. The number of aromatic amines is 1. The SMILES string of the molecule is CC/C=C(\C#N)C(=O)N1CCCC(n2nc(-c3ccc(Oc4ccccc4)cc3)c3c(N)n[nH]c(=O)c32)C1. The van der Waals surface area contributed by atoms with Crippen LogP contribution in [-0.4, -0.2) is 43.9 Å². The normalized spacial score (nSPS) is 15.8. The number of amides is 1. The Morgan fingerprint density at radius 3 is 2.66 bits per heavy atom. The second kappa shape index (κ2) is 10.6. The number of H-pyrrole nitrogens is 1. The number of nitrogens with zero attached hydrogens (tertiary/aromatic N) is 5. The Kier molecular flexibility index (Phi) is 6.91. The van der Waals surface area contributed by atoms with Gasteiger partial charge in [0.25, 0.3) is 11.5 Å². The quantitative estimate of drug-likeness (QED) is 0.293. The first-order valence-electron chi connectivity index (χ1n) is 12.5. The van der Waals surface area contributed by atoms with Crippen LogP contribution in [0.25, 0.3) is 22.2 Å². The van der Waals surface area contributed by atoms with Gasteiger partial charge in [0.05, 0.1) is 11.4 Å². The summed E-state index contributed by atoms with van der Waals surface area (Å²) in [5, 5.41) is 21.1. The van der Waals surface area contributed by atoms with Crippen molar-refractivity contribution in [3.8, 4) is 28.8 Å². The lowest BCUT2D eigenvalue weighted by molar-refractivity contribution is -0.128. The number of anilines is 1. The summed E-state index contributed by atoms with van der Waals surface area (Å²) in [5.74, 6) is 1.23. The minimum Gasteiger partial charge on any atom is -0.457 e. The Balaban J connectivity index is 1.51. The van der Waals surface area contributed by atoms with E-state index in [0.29, 0.717) is 54.7 Å². The van der Waals surface area contributed by atoms with Crippen LogP contribution in [0.3, 0.4) is 0 Å². The van der Waals surface area contributed by atoms with E-state index < -0.39 is 5.56 Å². The number of fused-ring (bicyclic) bond motifs is 1. The maximum absolute atomic E-state index is 13.0. The average Bonchev–Trinajstić information content (AvgIpc) is 3.37. The fraction of sp³-hybridized carbons (Fsp3) is 0.250. The molecule has 1 saturated heterocycles. The van der Waals surface area contributed by atoms with Crippen LogP contribution in [0.15, 0.2) is 71.0 Å². The van der Waals surface area contributed by atoms with Crippen LogP contribution in [0.4, 0.5) is 5.82 Å². The molecule has 2 aromatic heterocycles. The summed E-state index contributed by atoms with van der Waals surface area (Å²) in [6.45, 7) is 2.74. The molecule has 1 unspecified atom stereocenters. The molecule has 3 N–H and O–H groups in total. The molecule has 10 nitrogen and oxygen atoms in total. The summed E-state index contributed by atoms with van der Waals surface area (Å²) >= 11 is 0. The van der Waals surface area contributed by atoms with Crippen molar-refractivity contribution < 1.29 is 9.53 Å². The predicted octanol–water partition coefficient (Wildman–Crippen LogP) is 4.18. The number of benzene rings is 2. The third-order valence-electron chi connectivity index (χ3n) is 6.55. The van der Waals surface area contributed by atoms with E-state index in [1.165, 1.54) is 0 Å². The molecule has 2 aromatic carbocycles. The van der Waals surface area contributed by atoms with Gasteiger partial charge in [-0.2, -0.15) is 15.5 Å². The monoisotopic (exact) mass is 509 g/mol. The highest BCUT2D eigenvalue weighted by Gasteiger charge is 2.30. The van der Waals surface area contributed by atoms with Crippen molar-refractivity contribution in [2.24, 2.45) is 0 Å². The largest absolute Gasteiger partial charge is 0.457 e. The molecule has 4 aromatic rings. The number of likely N-dealkylation sites (tertiary alicyclic amines) is 1. The summed E-state index contributed by atoms with van der Waals surface area (Å²) in [4.78, 5) is 27.6. The smallest absolute Gasteiger partial charge is 0.290 e. The molecule has 1 amide bonds. The summed E-state index contributed by atoms with van der Waals surface area (Å²) in [7, 11) is 0. The van der Waals surface area contributed by atoms with Crippen molar-refractivity contribution in [1.29, 1.82) is 5.26 Å². The zero-order valence-electron chi connectivity index (χ0n) is 20.9. The molecule has 10 heteroatoms. The van der Waals surface area contributed by atoms with Crippen LogP contribution in [0.5, 0.6) is 11.5 Å². The number of nitriles is 1. The maximum atomic E-state index is 13.0.